The number of hydrogen-bond donors (Lipinski definition) is 3. The van der Waals surface area contributed by atoms with Crippen LogP contribution >= 0.6 is 0 Å². The predicted molar refractivity (Wildman–Crippen MR) is 132 cm³/mol. The molecule has 1 unspecified atom stereocenters. The molecule has 4 N–H and O–H groups in total. The molecule has 0 radical (unpaired) electrons. The van der Waals surface area contributed by atoms with Crippen molar-refractivity contribution < 1.29 is 9.18 Å². The zero-order chi connectivity index (χ0) is 25.9. The highest BCUT2D eigenvalue weighted by atomic mass is 19.1. The number of amides is 1. The van der Waals surface area contributed by atoms with E-state index in [0.717, 1.165) is 17.8 Å². The summed E-state index contributed by atoms with van der Waals surface area (Å²) < 4.78 is 16.5. The molecular formula is C25H23FN10O. The first-order valence-corrected chi connectivity index (χ1v) is 11.6. The fourth-order valence-corrected chi connectivity index (χ4v) is 4.14. The van der Waals surface area contributed by atoms with Crippen molar-refractivity contribution in [2.45, 2.75) is 32.5 Å². The van der Waals surface area contributed by atoms with Crippen LogP contribution in [0.3, 0.4) is 0 Å². The Balaban J connectivity index is 1.37. The number of nitrogen functional groups attached to an aromatic ring is 1. The van der Waals surface area contributed by atoms with E-state index in [0.29, 0.717) is 36.3 Å². The Labute approximate surface area is 211 Å². The monoisotopic (exact) mass is 498 g/mol. The van der Waals surface area contributed by atoms with Crippen molar-refractivity contribution in [3.05, 3.63) is 70.9 Å². The molecule has 1 aliphatic rings. The molecule has 0 spiro atoms. The van der Waals surface area contributed by atoms with E-state index in [9.17, 15) is 14.4 Å². The maximum absolute atomic E-state index is 14.9. The number of halogens is 1. The lowest BCUT2D eigenvalue weighted by Gasteiger charge is -2.10. The molecule has 1 fully saturated rings. The Hall–Kier alpha value is -4.76. The molecule has 0 bridgehead atoms. The lowest BCUT2D eigenvalue weighted by molar-refractivity contribution is -0.120. The molecule has 37 heavy (non-hydrogen) atoms. The standard InChI is InChI=1S/C25H23FN10O/c1-14-15(10-27)4-2-7-18(14)24-32-22(21(26)23(28)33-24)20-13-36(35-34-20)12-17-6-3-5-16(31-17)11-30-19-8-9-29-25(19)37/h2-7,13,19,30H,8-9,11-12H2,1H3,(H,29,37)(H2,28,32,33). The zero-order valence-corrected chi connectivity index (χ0v) is 19.9. The molecule has 1 saturated heterocycles. The summed E-state index contributed by atoms with van der Waals surface area (Å²) in [5.41, 5.74) is 9.17. The van der Waals surface area contributed by atoms with Gasteiger partial charge in [0.25, 0.3) is 0 Å². The minimum absolute atomic E-state index is 0.0000221. The number of aromatic nitrogens is 6. The fraction of sp³-hybridized carbons (Fsp3) is 0.240. The molecule has 12 heteroatoms. The van der Waals surface area contributed by atoms with E-state index in [2.05, 4.69) is 42.0 Å². The summed E-state index contributed by atoms with van der Waals surface area (Å²) in [5.74, 6) is -0.933. The van der Waals surface area contributed by atoms with E-state index < -0.39 is 5.82 Å². The number of anilines is 1. The largest absolute Gasteiger partial charge is 0.381 e. The first kappa shape index (κ1) is 24.0. The Kier molecular flexibility index (Phi) is 6.53. The number of nitrogens with two attached hydrogens (primary N) is 1. The quantitative estimate of drug-likeness (QED) is 0.345. The van der Waals surface area contributed by atoms with E-state index >= 15 is 0 Å². The van der Waals surface area contributed by atoms with Crippen LogP contribution < -0.4 is 16.4 Å². The normalized spacial score (nSPS) is 14.9. The zero-order valence-electron chi connectivity index (χ0n) is 19.9. The van der Waals surface area contributed by atoms with Gasteiger partial charge in [-0.15, -0.1) is 5.10 Å². The van der Waals surface area contributed by atoms with Crippen molar-refractivity contribution in [2.24, 2.45) is 0 Å². The van der Waals surface area contributed by atoms with E-state index in [-0.39, 0.29) is 35.0 Å². The van der Waals surface area contributed by atoms with Gasteiger partial charge in [-0.05, 0) is 37.1 Å². The number of rotatable bonds is 7. The van der Waals surface area contributed by atoms with E-state index in [1.165, 1.54) is 4.68 Å². The minimum Gasteiger partial charge on any atom is -0.381 e. The van der Waals surface area contributed by atoms with Gasteiger partial charge in [-0.1, -0.05) is 23.4 Å². The van der Waals surface area contributed by atoms with Crippen molar-refractivity contribution in [1.82, 2.24) is 40.6 Å². The SMILES string of the molecule is Cc1c(C#N)cccc1-c1nc(N)c(F)c(-c2cn(Cc3cccc(CNC4CCNC4=O)n3)nn2)n1. The third-order valence-corrected chi connectivity index (χ3v) is 6.12. The molecule has 186 valence electrons. The van der Waals surface area contributed by atoms with Crippen molar-refractivity contribution >= 4 is 11.7 Å². The molecule has 4 aromatic rings. The van der Waals surface area contributed by atoms with Gasteiger partial charge in [0.15, 0.2) is 17.5 Å². The molecule has 3 aromatic heterocycles. The molecule has 4 heterocycles. The minimum atomic E-state index is -0.799. The van der Waals surface area contributed by atoms with E-state index in [4.69, 9.17) is 5.73 Å². The average molecular weight is 499 g/mol. The molecule has 0 saturated carbocycles. The third kappa shape index (κ3) is 4.98. The molecular weight excluding hydrogens is 475 g/mol. The number of carbonyl (C=O) groups excluding carboxylic acids is 1. The Morgan fingerprint density at radius 1 is 1.22 bits per heavy atom. The maximum Gasteiger partial charge on any atom is 0.237 e. The lowest BCUT2D eigenvalue weighted by Crippen LogP contribution is -2.35. The van der Waals surface area contributed by atoms with Gasteiger partial charge >= 0.3 is 0 Å². The van der Waals surface area contributed by atoms with Gasteiger partial charge in [0.05, 0.1) is 41.8 Å². The second kappa shape index (κ2) is 10.1. The third-order valence-electron chi connectivity index (χ3n) is 6.12. The van der Waals surface area contributed by atoms with Crippen LogP contribution in [-0.2, 0) is 17.9 Å². The number of nitriles is 1. The molecule has 1 aliphatic heterocycles. The molecule has 1 atom stereocenters. The van der Waals surface area contributed by atoms with Crippen LogP contribution in [0.15, 0.2) is 42.6 Å². The average Bonchev–Trinajstić information content (AvgIpc) is 3.53. The van der Waals surface area contributed by atoms with Gasteiger partial charge in [-0.2, -0.15) is 5.26 Å². The summed E-state index contributed by atoms with van der Waals surface area (Å²) in [5, 5.41) is 23.5. The van der Waals surface area contributed by atoms with Gasteiger partial charge in [0.1, 0.15) is 11.4 Å². The van der Waals surface area contributed by atoms with Gasteiger partial charge < -0.3 is 16.4 Å². The van der Waals surface area contributed by atoms with Crippen molar-refractivity contribution in [1.29, 1.82) is 5.26 Å². The van der Waals surface area contributed by atoms with Crippen LogP contribution in [0.1, 0.15) is 28.9 Å². The van der Waals surface area contributed by atoms with Crippen LogP contribution in [0.4, 0.5) is 10.2 Å². The van der Waals surface area contributed by atoms with Crippen LogP contribution in [0.5, 0.6) is 0 Å². The number of pyridine rings is 1. The topological polar surface area (TPSA) is 160 Å². The summed E-state index contributed by atoms with van der Waals surface area (Å²) in [6.07, 6.45) is 2.30. The number of benzene rings is 1. The molecule has 0 aliphatic carbocycles. The lowest BCUT2D eigenvalue weighted by atomic mass is 10.0. The van der Waals surface area contributed by atoms with Crippen molar-refractivity contribution in [3.8, 4) is 28.8 Å². The number of hydrogen-bond acceptors (Lipinski definition) is 9. The van der Waals surface area contributed by atoms with Crippen molar-refractivity contribution in [2.75, 3.05) is 12.3 Å². The van der Waals surface area contributed by atoms with Gasteiger partial charge in [0, 0.05) is 18.7 Å². The fourth-order valence-electron chi connectivity index (χ4n) is 4.14. The summed E-state index contributed by atoms with van der Waals surface area (Å²) >= 11 is 0. The maximum atomic E-state index is 14.9. The highest BCUT2D eigenvalue weighted by Gasteiger charge is 2.23. The number of carbonyl (C=O) groups is 1. The predicted octanol–water partition coefficient (Wildman–Crippen LogP) is 1.72. The Morgan fingerprint density at radius 3 is 2.81 bits per heavy atom. The first-order chi connectivity index (χ1) is 17.9. The Morgan fingerprint density at radius 2 is 2.03 bits per heavy atom. The van der Waals surface area contributed by atoms with Gasteiger partial charge in [0.2, 0.25) is 5.91 Å². The second-order valence-corrected chi connectivity index (χ2v) is 8.62. The van der Waals surface area contributed by atoms with Crippen LogP contribution in [-0.4, -0.2) is 48.4 Å². The molecule has 1 aromatic carbocycles. The highest BCUT2D eigenvalue weighted by Crippen LogP contribution is 2.28. The number of nitrogens with one attached hydrogen (secondary N) is 2. The summed E-state index contributed by atoms with van der Waals surface area (Å²) in [4.78, 5) is 24.8. The molecule has 5 rings (SSSR count). The van der Waals surface area contributed by atoms with Crippen LogP contribution in [0, 0.1) is 24.1 Å². The Bertz CT molecular complexity index is 1530. The van der Waals surface area contributed by atoms with Crippen molar-refractivity contribution in [3.63, 3.8) is 0 Å². The first-order valence-electron chi connectivity index (χ1n) is 11.6. The van der Waals surface area contributed by atoms with Crippen LogP contribution in [0.25, 0.3) is 22.8 Å². The van der Waals surface area contributed by atoms with E-state index in [1.807, 2.05) is 18.2 Å². The smallest absolute Gasteiger partial charge is 0.237 e. The van der Waals surface area contributed by atoms with Gasteiger partial charge in [-0.25, -0.2) is 19.0 Å². The second-order valence-electron chi connectivity index (χ2n) is 8.62. The van der Waals surface area contributed by atoms with E-state index in [1.54, 1.807) is 31.3 Å². The molecule has 11 nitrogen and oxygen atoms in total. The number of nitrogens with zero attached hydrogens (tertiary/aromatic N) is 7. The highest BCUT2D eigenvalue weighted by molar-refractivity contribution is 5.83. The summed E-state index contributed by atoms with van der Waals surface area (Å²) in [7, 11) is 0. The summed E-state index contributed by atoms with van der Waals surface area (Å²) in [6.45, 7) is 3.19. The summed E-state index contributed by atoms with van der Waals surface area (Å²) in [6, 6.07) is 12.6. The molecule has 1 amide bonds. The van der Waals surface area contributed by atoms with Gasteiger partial charge in [-0.3, -0.25) is 9.78 Å². The van der Waals surface area contributed by atoms with Crippen LogP contribution in [0.2, 0.25) is 0 Å².